The number of rotatable bonds is 6. The number of fused-ring (bicyclic) bond motifs is 1. The monoisotopic (exact) mass is 284 g/mol. The second-order valence-electron chi connectivity index (χ2n) is 6.10. The molecule has 0 saturated heterocycles. The third-order valence-electron chi connectivity index (χ3n) is 4.52. The Morgan fingerprint density at radius 1 is 1.19 bits per heavy atom. The van der Waals surface area contributed by atoms with Crippen LogP contribution >= 0.6 is 0 Å². The first kappa shape index (κ1) is 14.4. The molecular weight excluding hydrogens is 260 g/mol. The van der Waals surface area contributed by atoms with Crippen molar-refractivity contribution in [2.24, 2.45) is 11.7 Å². The van der Waals surface area contributed by atoms with Crippen LogP contribution in [-0.4, -0.2) is 31.6 Å². The van der Waals surface area contributed by atoms with Crippen molar-refractivity contribution >= 4 is 10.8 Å². The minimum Gasteiger partial charge on any atom is -0.497 e. The van der Waals surface area contributed by atoms with Gasteiger partial charge in [-0.2, -0.15) is 0 Å². The molecule has 0 heterocycles. The Labute approximate surface area is 126 Å². The summed E-state index contributed by atoms with van der Waals surface area (Å²) in [5.74, 6) is 1.72. The zero-order chi connectivity index (χ0) is 14.8. The molecule has 112 valence electrons. The lowest BCUT2D eigenvalue weighted by atomic mass is 10.1. The molecule has 1 aliphatic carbocycles. The molecule has 0 radical (unpaired) electrons. The summed E-state index contributed by atoms with van der Waals surface area (Å²) in [7, 11) is 3.89. The second kappa shape index (κ2) is 6.04. The number of methoxy groups -OCH3 is 1. The topological polar surface area (TPSA) is 38.5 Å². The van der Waals surface area contributed by atoms with E-state index >= 15 is 0 Å². The van der Waals surface area contributed by atoms with Crippen molar-refractivity contribution in [2.45, 2.75) is 25.4 Å². The van der Waals surface area contributed by atoms with Gasteiger partial charge >= 0.3 is 0 Å². The van der Waals surface area contributed by atoms with Gasteiger partial charge in [-0.05, 0) is 60.3 Å². The molecule has 2 aromatic carbocycles. The van der Waals surface area contributed by atoms with E-state index in [9.17, 15) is 0 Å². The van der Waals surface area contributed by atoms with E-state index in [0.29, 0.717) is 6.04 Å². The molecule has 2 N–H and O–H groups in total. The van der Waals surface area contributed by atoms with E-state index < -0.39 is 0 Å². The molecule has 0 aromatic heterocycles. The summed E-state index contributed by atoms with van der Waals surface area (Å²) in [6, 6.07) is 13.4. The van der Waals surface area contributed by atoms with Crippen molar-refractivity contribution < 1.29 is 4.74 Å². The molecule has 3 nitrogen and oxygen atoms in total. The molecule has 1 fully saturated rings. The molecule has 0 amide bonds. The van der Waals surface area contributed by atoms with Gasteiger partial charge < -0.3 is 10.5 Å². The molecule has 3 heteroatoms. The van der Waals surface area contributed by atoms with Crippen LogP contribution in [0.3, 0.4) is 0 Å². The van der Waals surface area contributed by atoms with Crippen molar-refractivity contribution in [1.82, 2.24) is 4.90 Å². The molecule has 1 atom stereocenters. The molecular formula is C18H24N2O. The largest absolute Gasteiger partial charge is 0.497 e. The summed E-state index contributed by atoms with van der Waals surface area (Å²) in [5.41, 5.74) is 7.28. The van der Waals surface area contributed by atoms with Crippen molar-refractivity contribution in [3.8, 4) is 5.75 Å². The fourth-order valence-corrected chi connectivity index (χ4v) is 3.12. The third kappa shape index (κ3) is 3.20. The summed E-state index contributed by atoms with van der Waals surface area (Å²) in [5, 5.41) is 2.48. The Bertz CT molecular complexity index is 622. The van der Waals surface area contributed by atoms with Gasteiger partial charge in [0.05, 0.1) is 7.11 Å². The minimum atomic E-state index is 0.525. The van der Waals surface area contributed by atoms with Crippen molar-refractivity contribution in [2.75, 3.05) is 20.7 Å². The van der Waals surface area contributed by atoms with Crippen LogP contribution in [0.4, 0.5) is 0 Å². The molecule has 2 aromatic rings. The number of benzene rings is 2. The van der Waals surface area contributed by atoms with E-state index in [0.717, 1.165) is 24.8 Å². The molecule has 0 spiro atoms. The van der Waals surface area contributed by atoms with Crippen LogP contribution in [0.25, 0.3) is 10.8 Å². The van der Waals surface area contributed by atoms with Crippen LogP contribution in [0, 0.1) is 5.92 Å². The number of likely N-dealkylation sites (N-methyl/N-ethyl adjacent to an activating group) is 1. The first-order valence-electron chi connectivity index (χ1n) is 7.68. The summed E-state index contributed by atoms with van der Waals surface area (Å²) in [6.45, 7) is 1.71. The van der Waals surface area contributed by atoms with E-state index in [1.165, 1.54) is 29.2 Å². The Morgan fingerprint density at radius 3 is 2.57 bits per heavy atom. The molecule has 1 aliphatic rings. The Balaban J connectivity index is 1.77. The van der Waals surface area contributed by atoms with Crippen LogP contribution < -0.4 is 10.5 Å². The number of hydrogen-bond donors (Lipinski definition) is 1. The molecule has 3 rings (SSSR count). The van der Waals surface area contributed by atoms with E-state index in [2.05, 4.69) is 42.3 Å². The maximum absolute atomic E-state index is 5.94. The number of ether oxygens (including phenoxy) is 1. The van der Waals surface area contributed by atoms with Gasteiger partial charge in [0, 0.05) is 19.1 Å². The predicted octanol–water partition coefficient (Wildman–Crippen LogP) is 3.02. The van der Waals surface area contributed by atoms with E-state index in [1.54, 1.807) is 7.11 Å². The number of nitrogens with two attached hydrogens (primary N) is 1. The average Bonchev–Trinajstić information content (AvgIpc) is 3.32. The van der Waals surface area contributed by atoms with E-state index in [-0.39, 0.29) is 0 Å². The lowest BCUT2D eigenvalue weighted by Gasteiger charge is -2.27. The molecule has 1 saturated carbocycles. The standard InChI is InChI=1S/C18H24N2O/c1-20(18(11-19)14-5-6-14)12-13-3-4-16-10-17(21-2)8-7-15(16)9-13/h3-4,7-10,14,18H,5-6,11-12,19H2,1-2H3. The quantitative estimate of drug-likeness (QED) is 0.886. The molecule has 21 heavy (non-hydrogen) atoms. The lowest BCUT2D eigenvalue weighted by molar-refractivity contribution is 0.215. The number of hydrogen-bond acceptors (Lipinski definition) is 3. The Morgan fingerprint density at radius 2 is 1.90 bits per heavy atom. The Kier molecular flexibility index (Phi) is 4.13. The van der Waals surface area contributed by atoms with E-state index in [1.807, 2.05) is 6.07 Å². The van der Waals surface area contributed by atoms with Gasteiger partial charge in [0.2, 0.25) is 0 Å². The highest BCUT2D eigenvalue weighted by atomic mass is 16.5. The van der Waals surface area contributed by atoms with Gasteiger partial charge in [0.15, 0.2) is 0 Å². The van der Waals surface area contributed by atoms with Gasteiger partial charge in [0.25, 0.3) is 0 Å². The zero-order valence-corrected chi connectivity index (χ0v) is 12.9. The zero-order valence-electron chi connectivity index (χ0n) is 12.9. The normalized spacial score (nSPS) is 16.4. The van der Waals surface area contributed by atoms with Crippen LogP contribution in [0.15, 0.2) is 36.4 Å². The second-order valence-corrected chi connectivity index (χ2v) is 6.10. The van der Waals surface area contributed by atoms with Crippen LogP contribution in [0.5, 0.6) is 5.75 Å². The van der Waals surface area contributed by atoms with Gasteiger partial charge in [-0.3, -0.25) is 4.90 Å². The Hall–Kier alpha value is -1.58. The fourth-order valence-electron chi connectivity index (χ4n) is 3.12. The maximum Gasteiger partial charge on any atom is 0.119 e. The van der Waals surface area contributed by atoms with Crippen molar-refractivity contribution in [1.29, 1.82) is 0 Å². The summed E-state index contributed by atoms with van der Waals surface area (Å²) >= 11 is 0. The summed E-state index contributed by atoms with van der Waals surface area (Å²) in [4.78, 5) is 2.41. The average molecular weight is 284 g/mol. The highest BCUT2D eigenvalue weighted by molar-refractivity contribution is 5.84. The summed E-state index contributed by atoms with van der Waals surface area (Å²) < 4.78 is 5.27. The first-order chi connectivity index (χ1) is 10.2. The van der Waals surface area contributed by atoms with E-state index in [4.69, 9.17) is 10.5 Å². The fraction of sp³-hybridized carbons (Fsp3) is 0.444. The van der Waals surface area contributed by atoms with Gasteiger partial charge in [-0.15, -0.1) is 0 Å². The van der Waals surface area contributed by atoms with Crippen molar-refractivity contribution in [3.63, 3.8) is 0 Å². The van der Waals surface area contributed by atoms with Gasteiger partial charge in [-0.1, -0.05) is 18.2 Å². The van der Waals surface area contributed by atoms with Gasteiger partial charge in [-0.25, -0.2) is 0 Å². The molecule has 1 unspecified atom stereocenters. The molecule has 0 bridgehead atoms. The maximum atomic E-state index is 5.94. The highest BCUT2D eigenvalue weighted by Gasteiger charge is 2.32. The minimum absolute atomic E-state index is 0.525. The SMILES string of the molecule is COc1ccc2cc(CN(C)C(CN)C3CC3)ccc2c1. The smallest absolute Gasteiger partial charge is 0.119 e. The summed E-state index contributed by atoms with van der Waals surface area (Å²) in [6.07, 6.45) is 2.67. The van der Waals surface area contributed by atoms with Crippen LogP contribution in [0.2, 0.25) is 0 Å². The first-order valence-corrected chi connectivity index (χ1v) is 7.68. The van der Waals surface area contributed by atoms with Crippen LogP contribution in [-0.2, 0) is 6.54 Å². The predicted molar refractivity (Wildman–Crippen MR) is 87.5 cm³/mol. The third-order valence-corrected chi connectivity index (χ3v) is 4.52. The highest BCUT2D eigenvalue weighted by Crippen LogP contribution is 2.35. The van der Waals surface area contributed by atoms with Gasteiger partial charge in [0.1, 0.15) is 5.75 Å². The number of nitrogens with zero attached hydrogens (tertiary/aromatic N) is 1. The molecule has 0 aliphatic heterocycles. The van der Waals surface area contributed by atoms with Crippen molar-refractivity contribution in [3.05, 3.63) is 42.0 Å². The van der Waals surface area contributed by atoms with Crippen LogP contribution in [0.1, 0.15) is 18.4 Å². The lowest BCUT2D eigenvalue weighted by Crippen LogP contribution is -2.39.